The van der Waals surface area contributed by atoms with Gasteiger partial charge in [-0.1, -0.05) is 24.1 Å². The Bertz CT molecular complexity index is 990. The van der Waals surface area contributed by atoms with Crippen molar-refractivity contribution < 1.29 is 4.79 Å². The summed E-state index contributed by atoms with van der Waals surface area (Å²) in [6.45, 7) is 0. The third-order valence-electron chi connectivity index (χ3n) is 4.83. The number of carbonyl (C=O) groups is 1. The van der Waals surface area contributed by atoms with E-state index in [2.05, 4.69) is 36.1 Å². The minimum atomic E-state index is -0.687. The monoisotopic (exact) mass is 394 g/mol. The van der Waals surface area contributed by atoms with Gasteiger partial charge in [0, 0.05) is 18.2 Å². The van der Waals surface area contributed by atoms with E-state index in [9.17, 15) is 4.79 Å². The number of hydrogen-bond acceptors (Lipinski definition) is 9. The van der Waals surface area contributed by atoms with Crippen molar-refractivity contribution in [3.63, 3.8) is 0 Å². The lowest BCUT2D eigenvalue weighted by Crippen LogP contribution is -2.42. The van der Waals surface area contributed by atoms with Gasteiger partial charge in [0.05, 0.1) is 18.1 Å². The van der Waals surface area contributed by atoms with Crippen LogP contribution in [-0.4, -0.2) is 48.2 Å². The highest BCUT2D eigenvalue weighted by molar-refractivity contribution is 5.97. The van der Waals surface area contributed by atoms with Crippen molar-refractivity contribution in [2.24, 2.45) is 11.5 Å². The van der Waals surface area contributed by atoms with Crippen LogP contribution in [0.1, 0.15) is 36.2 Å². The van der Waals surface area contributed by atoms with E-state index in [0.717, 1.165) is 25.7 Å². The third-order valence-corrected chi connectivity index (χ3v) is 4.83. The Kier molecular flexibility index (Phi) is 5.29. The zero-order valence-electron chi connectivity index (χ0n) is 15.7. The first-order valence-corrected chi connectivity index (χ1v) is 9.40. The molecule has 0 saturated heterocycles. The summed E-state index contributed by atoms with van der Waals surface area (Å²) in [5.41, 5.74) is 12.1. The fourth-order valence-electron chi connectivity index (χ4n) is 3.36. The van der Waals surface area contributed by atoms with Crippen LogP contribution >= 0.6 is 0 Å². The highest BCUT2D eigenvalue weighted by Crippen LogP contribution is 2.24. The molecule has 1 saturated carbocycles. The van der Waals surface area contributed by atoms with Crippen LogP contribution in [0.15, 0.2) is 36.7 Å². The Hall–Kier alpha value is -3.60. The summed E-state index contributed by atoms with van der Waals surface area (Å²) < 4.78 is 1.53. The zero-order valence-corrected chi connectivity index (χ0v) is 15.7. The molecule has 1 amide bonds. The highest BCUT2D eigenvalue weighted by Gasteiger charge is 2.23. The number of rotatable bonds is 6. The molecule has 1 aliphatic rings. The number of hydrogen-bond donors (Lipinski definition) is 4. The number of nitrogens with zero attached hydrogens (tertiary/aromatic N) is 6. The molecule has 0 bridgehead atoms. The quantitative estimate of drug-likeness (QED) is 0.477. The fourth-order valence-corrected chi connectivity index (χ4v) is 3.36. The van der Waals surface area contributed by atoms with Crippen molar-refractivity contribution in [2.75, 3.05) is 10.6 Å². The normalized spacial score (nSPS) is 18.9. The lowest BCUT2D eigenvalue weighted by atomic mass is 9.91. The van der Waals surface area contributed by atoms with E-state index in [0.29, 0.717) is 23.1 Å². The molecular weight excluding hydrogens is 372 g/mol. The maximum absolute atomic E-state index is 11.8. The summed E-state index contributed by atoms with van der Waals surface area (Å²) in [5.74, 6) is 0.899. The van der Waals surface area contributed by atoms with Crippen molar-refractivity contribution in [1.82, 2.24) is 30.2 Å². The Balaban J connectivity index is 1.60. The number of aromatic nitrogens is 6. The lowest BCUT2D eigenvalue weighted by Gasteiger charge is -2.29. The molecule has 0 unspecified atom stereocenters. The Labute approximate surface area is 166 Å². The molecular formula is C18H22N10O. The first-order valence-electron chi connectivity index (χ1n) is 9.40. The number of nitrogens with two attached hydrogens (primary N) is 2. The van der Waals surface area contributed by atoms with Gasteiger partial charge < -0.3 is 22.1 Å². The molecule has 0 radical (unpaired) electrons. The summed E-state index contributed by atoms with van der Waals surface area (Å²) in [7, 11) is 0. The van der Waals surface area contributed by atoms with E-state index >= 15 is 0 Å². The van der Waals surface area contributed by atoms with Crippen LogP contribution in [0.3, 0.4) is 0 Å². The fraction of sp³-hybridized carbons (Fsp3) is 0.333. The van der Waals surface area contributed by atoms with E-state index < -0.39 is 5.91 Å². The molecule has 3 heterocycles. The van der Waals surface area contributed by atoms with Crippen LogP contribution < -0.4 is 22.1 Å². The van der Waals surface area contributed by atoms with Crippen LogP contribution in [0, 0.1) is 0 Å². The van der Waals surface area contributed by atoms with Gasteiger partial charge >= 0.3 is 0 Å². The van der Waals surface area contributed by atoms with Gasteiger partial charge in [-0.15, -0.1) is 15.3 Å². The average Bonchev–Trinajstić information content (AvgIpc) is 3.25. The van der Waals surface area contributed by atoms with Gasteiger partial charge in [0.15, 0.2) is 17.3 Å². The Morgan fingerprint density at radius 2 is 2.03 bits per heavy atom. The van der Waals surface area contributed by atoms with Gasteiger partial charge in [0.1, 0.15) is 5.82 Å². The van der Waals surface area contributed by atoms with Crippen LogP contribution in [-0.2, 0) is 0 Å². The van der Waals surface area contributed by atoms with E-state index in [1.807, 2.05) is 6.07 Å². The molecule has 29 heavy (non-hydrogen) atoms. The predicted molar refractivity (Wildman–Crippen MR) is 107 cm³/mol. The van der Waals surface area contributed by atoms with E-state index in [1.54, 1.807) is 30.6 Å². The first-order chi connectivity index (χ1) is 14.1. The lowest BCUT2D eigenvalue weighted by molar-refractivity contribution is 0.0995. The van der Waals surface area contributed by atoms with E-state index in [4.69, 9.17) is 11.5 Å². The van der Waals surface area contributed by atoms with Crippen molar-refractivity contribution in [2.45, 2.75) is 37.8 Å². The Morgan fingerprint density at radius 3 is 2.79 bits per heavy atom. The summed E-state index contributed by atoms with van der Waals surface area (Å²) in [5, 5.41) is 22.2. The molecule has 4 rings (SSSR count). The summed E-state index contributed by atoms with van der Waals surface area (Å²) in [6, 6.07) is 7.22. The van der Waals surface area contributed by atoms with Crippen LogP contribution in [0.2, 0.25) is 0 Å². The highest BCUT2D eigenvalue weighted by atomic mass is 16.1. The minimum absolute atomic E-state index is 0.0245. The van der Waals surface area contributed by atoms with Crippen molar-refractivity contribution in [3.05, 3.63) is 42.4 Å². The topological polar surface area (TPSA) is 163 Å². The third kappa shape index (κ3) is 4.29. The Morgan fingerprint density at radius 1 is 1.17 bits per heavy atom. The molecule has 3 aromatic rings. The van der Waals surface area contributed by atoms with E-state index in [-0.39, 0.29) is 17.8 Å². The largest absolute Gasteiger partial charge is 0.364 e. The van der Waals surface area contributed by atoms with E-state index in [1.165, 1.54) is 4.68 Å². The summed E-state index contributed by atoms with van der Waals surface area (Å²) in [4.78, 5) is 16.3. The van der Waals surface area contributed by atoms with Crippen LogP contribution in [0.4, 0.5) is 17.3 Å². The molecule has 3 aromatic heterocycles. The maximum atomic E-state index is 11.8. The molecule has 0 aromatic carbocycles. The molecule has 1 aliphatic carbocycles. The minimum Gasteiger partial charge on any atom is -0.364 e. The van der Waals surface area contributed by atoms with Gasteiger partial charge in [-0.2, -0.15) is 0 Å². The molecule has 2 atom stereocenters. The number of pyridine rings is 1. The molecule has 1 fully saturated rings. The molecule has 11 heteroatoms. The van der Waals surface area contributed by atoms with Crippen molar-refractivity contribution >= 4 is 23.2 Å². The zero-order chi connectivity index (χ0) is 20.2. The van der Waals surface area contributed by atoms with Gasteiger partial charge in [-0.3, -0.25) is 4.79 Å². The SMILES string of the molecule is NC(=O)c1nnc(N[C@@H]2CCCC[C@@H]2N)cc1Nc1cccc(-n2ccnn2)n1. The molecule has 6 N–H and O–H groups in total. The summed E-state index contributed by atoms with van der Waals surface area (Å²) >= 11 is 0. The number of carbonyl (C=O) groups excluding carboxylic acids is 1. The van der Waals surface area contributed by atoms with Crippen LogP contribution in [0.5, 0.6) is 0 Å². The number of anilines is 3. The molecule has 11 nitrogen and oxygen atoms in total. The van der Waals surface area contributed by atoms with Gasteiger partial charge in [0.25, 0.3) is 5.91 Å². The number of amides is 1. The van der Waals surface area contributed by atoms with Gasteiger partial charge in [-0.05, 0) is 25.0 Å². The second-order valence-corrected chi connectivity index (χ2v) is 6.91. The predicted octanol–water partition coefficient (Wildman–Crippen LogP) is 0.977. The number of nitrogens with one attached hydrogen (secondary N) is 2. The number of primary amides is 1. The molecule has 150 valence electrons. The smallest absolute Gasteiger partial charge is 0.271 e. The first kappa shape index (κ1) is 18.7. The second kappa shape index (κ2) is 8.19. The summed E-state index contributed by atoms with van der Waals surface area (Å²) in [6.07, 6.45) is 7.42. The van der Waals surface area contributed by atoms with Gasteiger partial charge in [-0.25, -0.2) is 9.67 Å². The van der Waals surface area contributed by atoms with Crippen LogP contribution in [0.25, 0.3) is 5.82 Å². The standard InChI is InChI=1S/C18H22N10O/c19-11-4-1-2-5-12(11)22-15-10-13(17(18(20)29)26-25-15)23-14-6-3-7-16(24-14)28-9-8-21-27-28/h3,6-12H,1-2,4-5,19H2,(H2,20,29)(H2,22,23,24,25)/t11-,12+/m0/s1. The molecule has 0 spiro atoms. The molecule has 0 aliphatic heterocycles. The van der Waals surface area contributed by atoms with Gasteiger partial charge in [0.2, 0.25) is 0 Å². The maximum Gasteiger partial charge on any atom is 0.271 e. The van der Waals surface area contributed by atoms with Crippen molar-refractivity contribution in [3.8, 4) is 5.82 Å². The average molecular weight is 394 g/mol. The second-order valence-electron chi connectivity index (χ2n) is 6.91. The van der Waals surface area contributed by atoms with Crippen molar-refractivity contribution in [1.29, 1.82) is 0 Å².